The maximum Gasteiger partial charge on any atom is 0.269 e. The molecule has 0 saturated carbocycles. The van der Waals surface area contributed by atoms with Crippen LogP contribution in [0.4, 0.5) is 11.4 Å². The Bertz CT molecular complexity index is 719. The number of benzene rings is 1. The van der Waals surface area contributed by atoms with Crippen molar-refractivity contribution in [2.75, 3.05) is 5.32 Å². The molecule has 1 aromatic carbocycles. The number of nitro groups is 1. The van der Waals surface area contributed by atoms with Crippen molar-refractivity contribution in [2.45, 2.75) is 0 Å². The molecule has 1 aromatic heterocycles. The molecule has 0 radical (unpaired) electrons. The second-order valence-electron chi connectivity index (χ2n) is 4.12. The lowest BCUT2D eigenvalue weighted by molar-refractivity contribution is -0.384. The van der Waals surface area contributed by atoms with Gasteiger partial charge in [-0.1, -0.05) is 0 Å². The van der Waals surface area contributed by atoms with Crippen molar-refractivity contribution < 1.29 is 9.72 Å². The maximum absolute atomic E-state index is 11.9. The number of hydrogen-bond acceptors (Lipinski definition) is 4. The van der Waals surface area contributed by atoms with Gasteiger partial charge in [-0.2, -0.15) is 0 Å². The van der Waals surface area contributed by atoms with E-state index in [4.69, 9.17) is 0 Å². The predicted molar refractivity (Wildman–Crippen MR) is 72.7 cm³/mol. The number of nitrogens with one attached hydrogen (secondary N) is 1. The average Bonchev–Trinajstić information content (AvgIpc) is 2.42. The number of anilines is 1. The lowest BCUT2D eigenvalue weighted by atomic mass is 10.2. The molecule has 0 aliphatic carbocycles. The van der Waals surface area contributed by atoms with E-state index in [2.05, 4.69) is 5.32 Å². The molecule has 7 heteroatoms. The summed E-state index contributed by atoms with van der Waals surface area (Å²) in [7, 11) is 1.58. The number of nitro benzene ring substituents is 1. The second-order valence-corrected chi connectivity index (χ2v) is 4.12. The van der Waals surface area contributed by atoms with E-state index >= 15 is 0 Å². The van der Waals surface area contributed by atoms with Gasteiger partial charge in [-0.3, -0.25) is 19.7 Å². The van der Waals surface area contributed by atoms with Gasteiger partial charge in [-0.15, -0.1) is 0 Å². The van der Waals surface area contributed by atoms with Gasteiger partial charge in [0.25, 0.3) is 17.2 Å². The molecule has 0 spiro atoms. The highest BCUT2D eigenvalue weighted by molar-refractivity contribution is 6.04. The molecule has 0 atom stereocenters. The number of aryl methyl sites for hydroxylation is 1. The largest absolute Gasteiger partial charge is 0.322 e. The van der Waals surface area contributed by atoms with Crippen molar-refractivity contribution >= 4 is 17.3 Å². The van der Waals surface area contributed by atoms with Crippen LogP contribution in [0.15, 0.2) is 47.4 Å². The van der Waals surface area contributed by atoms with Crippen LogP contribution >= 0.6 is 0 Å². The molecule has 0 aliphatic rings. The van der Waals surface area contributed by atoms with Gasteiger partial charge in [0, 0.05) is 42.7 Å². The molecular weight excluding hydrogens is 262 g/mol. The highest BCUT2D eigenvalue weighted by Crippen LogP contribution is 2.15. The first kappa shape index (κ1) is 13.5. The first-order chi connectivity index (χ1) is 9.47. The minimum absolute atomic E-state index is 0.0587. The smallest absolute Gasteiger partial charge is 0.269 e. The number of rotatable bonds is 3. The van der Waals surface area contributed by atoms with E-state index in [0.29, 0.717) is 5.69 Å². The molecule has 0 bridgehead atoms. The summed E-state index contributed by atoms with van der Waals surface area (Å²) in [6.45, 7) is 0. The zero-order valence-electron chi connectivity index (χ0n) is 10.6. The molecule has 20 heavy (non-hydrogen) atoms. The van der Waals surface area contributed by atoms with Gasteiger partial charge >= 0.3 is 0 Å². The highest BCUT2D eigenvalue weighted by atomic mass is 16.6. The molecular formula is C13H11N3O4. The van der Waals surface area contributed by atoms with Crippen LogP contribution in [0.5, 0.6) is 0 Å². The molecule has 1 N–H and O–H groups in total. The van der Waals surface area contributed by atoms with Gasteiger partial charge in [0.1, 0.15) is 0 Å². The number of hydrogen-bond donors (Lipinski definition) is 1. The van der Waals surface area contributed by atoms with Gasteiger partial charge in [-0.05, 0) is 18.2 Å². The molecule has 0 unspecified atom stereocenters. The molecule has 0 aliphatic heterocycles. The van der Waals surface area contributed by atoms with Crippen LogP contribution in [-0.2, 0) is 7.05 Å². The Labute approximate surface area is 113 Å². The van der Waals surface area contributed by atoms with Crippen LogP contribution < -0.4 is 10.9 Å². The topological polar surface area (TPSA) is 94.2 Å². The Morgan fingerprint density at radius 3 is 2.45 bits per heavy atom. The summed E-state index contributed by atoms with van der Waals surface area (Å²) in [5.74, 6) is -0.448. The summed E-state index contributed by atoms with van der Waals surface area (Å²) in [5, 5.41) is 13.1. The van der Waals surface area contributed by atoms with Crippen molar-refractivity contribution in [3.8, 4) is 0 Å². The first-order valence-corrected chi connectivity index (χ1v) is 5.70. The van der Waals surface area contributed by atoms with E-state index in [1.54, 1.807) is 7.05 Å². The maximum atomic E-state index is 11.9. The summed E-state index contributed by atoms with van der Waals surface area (Å²) < 4.78 is 1.35. The van der Waals surface area contributed by atoms with Gasteiger partial charge in [0.05, 0.1) is 4.92 Å². The third-order valence-corrected chi connectivity index (χ3v) is 2.70. The Morgan fingerprint density at radius 2 is 1.90 bits per heavy atom. The van der Waals surface area contributed by atoms with Crippen LogP contribution in [-0.4, -0.2) is 15.4 Å². The SMILES string of the molecule is Cn1ccc(C(=O)Nc2ccc([N+](=O)[O-])cc2)cc1=O. The molecule has 7 nitrogen and oxygen atoms in total. The fourth-order valence-corrected chi connectivity index (χ4v) is 1.56. The molecule has 1 amide bonds. The predicted octanol–water partition coefficient (Wildman–Crippen LogP) is 1.55. The number of aromatic nitrogens is 1. The molecule has 102 valence electrons. The lowest BCUT2D eigenvalue weighted by Crippen LogP contribution is -2.19. The van der Waals surface area contributed by atoms with Crippen LogP contribution in [0.3, 0.4) is 0 Å². The summed E-state index contributed by atoms with van der Waals surface area (Å²) in [5.41, 5.74) is 0.297. The summed E-state index contributed by atoms with van der Waals surface area (Å²) in [4.78, 5) is 33.3. The summed E-state index contributed by atoms with van der Waals surface area (Å²) in [6, 6.07) is 8.18. The highest BCUT2D eigenvalue weighted by Gasteiger charge is 2.09. The fourth-order valence-electron chi connectivity index (χ4n) is 1.56. The molecule has 1 heterocycles. The van der Waals surface area contributed by atoms with Crippen molar-refractivity contribution in [1.29, 1.82) is 0 Å². The standard InChI is InChI=1S/C13H11N3O4/c1-15-7-6-9(8-12(15)17)13(18)14-10-2-4-11(5-3-10)16(19)20/h2-8H,1H3,(H,14,18). The number of carbonyl (C=O) groups excluding carboxylic acids is 1. The van der Waals surface area contributed by atoms with Crippen molar-refractivity contribution in [3.63, 3.8) is 0 Å². The average molecular weight is 273 g/mol. The Balaban J connectivity index is 2.16. The lowest BCUT2D eigenvalue weighted by Gasteiger charge is -2.05. The Hall–Kier alpha value is -2.96. The van der Waals surface area contributed by atoms with E-state index in [1.165, 1.54) is 47.2 Å². The van der Waals surface area contributed by atoms with E-state index in [9.17, 15) is 19.7 Å². The van der Waals surface area contributed by atoms with E-state index in [0.717, 1.165) is 0 Å². The summed E-state index contributed by atoms with van der Waals surface area (Å²) in [6.07, 6.45) is 1.49. The zero-order chi connectivity index (χ0) is 14.7. The second kappa shape index (κ2) is 5.35. The van der Waals surface area contributed by atoms with Gasteiger partial charge in [0.15, 0.2) is 0 Å². The normalized spacial score (nSPS) is 10.1. The van der Waals surface area contributed by atoms with Crippen molar-refractivity contribution in [3.05, 3.63) is 68.6 Å². The minimum Gasteiger partial charge on any atom is -0.322 e. The number of carbonyl (C=O) groups is 1. The molecule has 2 aromatic rings. The quantitative estimate of drug-likeness (QED) is 0.678. The molecule has 0 fully saturated rings. The zero-order valence-corrected chi connectivity index (χ0v) is 10.6. The van der Waals surface area contributed by atoms with Crippen molar-refractivity contribution in [1.82, 2.24) is 4.57 Å². The molecule has 2 rings (SSSR count). The first-order valence-electron chi connectivity index (χ1n) is 5.70. The Kier molecular flexibility index (Phi) is 3.60. The number of pyridine rings is 1. The van der Waals surface area contributed by atoms with E-state index in [1.807, 2.05) is 0 Å². The van der Waals surface area contributed by atoms with Crippen LogP contribution in [0.2, 0.25) is 0 Å². The minimum atomic E-state index is -0.521. The van der Waals surface area contributed by atoms with Gasteiger partial charge < -0.3 is 9.88 Å². The van der Waals surface area contributed by atoms with Crippen molar-refractivity contribution in [2.24, 2.45) is 7.05 Å². The van der Waals surface area contributed by atoms with E-state index in [-0.39, 0.29) is 16.8 Å². The Morgan fingerprint density at radius 1 is 1.25 bits per heavy atom. The monoisotopic (exact) mass is 273 g/mol. The molecule has 0 saturated heterocycles. The van der Waals surface area contributed by atoms with Gasteiger partial charge in [-0.25, -0.2) is 0 Å². The number of amides is 1. The van der Waals surface area contributed by atoms with Gasteiger partial charge in [0.2, 0.25) is 0 Å². The van der Waals surface area contributed by atoms with Crippen LogP contribution in [0.1, 0.15) is 10.4 Å². The number of non-ortho nitro benzene ring substituents is 1. The third kappa shape index (κ3) is 2.89. The summed E-state index contributed by atoms with van der Waals surface area (Å²) >= 11 is 0. The van der Waals surface area contributed by atoms with Crippen LogP contribution in [0.25, 0.3) is 0 Å². The van der Waals surface area contributed by atoms with E-state index < -0.39 is 10.8 Å². The third-order valence-electron chi connectivity index (χ3n) is 2.70. The number of nitrogens with zero attached hydrogens (tertiary/aromatic N) is 2. The van der Waals surface area contributed by atoms with Crippen LogP contribution in [0, 0.1) is 10.1 Å². The fraction of sp³-hybridized carbons (Fsp3) is 0.0769.